The number of carboxylic acid groups (broad SMARTS) is 1. The van der Waals surface area contributed by atoms with Crippen LogP contribution in [0.1, 0.15) is 43.0 Å². The first-order valence-electron chi connectivity index (χ1n) is 8.01. The van der Waals surface area contributed by atoms with Gasteiger partial charge >= 0.3 is 12.0 Å². The maximum absolute atomic E-state index is 13.9. The number of halogens is 2. The number of anilines is 1. The molecule has 1 aromatic rings. The molecule has 0 bridgehead atoms. The summed E-state index contributed by atoms with van der Waals surface area (Å²) in [6.07, 6.45) is 2.51. The number of amides is 2. The Labute approximate surface area is 154 Å². The van der Waals surface area contributed by atoms with E-state index in [0.29, 0.717) is 24.1 Å². The van der Waals surface area contributed by atoms with Crippen LogP contribution in [0.5, 0.6) is 0 Å². The third-order valence-electron chi connectivity index (χ3n) is 3.78. The molecule has 1 aromatic carbocycles. The third-order valence-corrected chi connectivity index (χ3v) is 4.09. The number of allylic oxidation sites excluding steroid dienone is 1. The molecule has 2 N–H and O–H groups in total. The minimum Gasteiger partial charge on any atom is -0.545 e. The van der Waals surface area contributed by atoms with Crippen molar-refractivity contribution in [2.45, 2.75) is 32.6 Å². The van der Waals surface area contributed by atoms with Gasteiger partial charge in [0.25, 0.3) is 0 Å². The molecular formula is C17H17ClFN2O5-. The topological polar surface area (TPSA) is 108 Å². The lowest BCUT2D eigenvalue weighted by molar-refractivity contribution is -0.255. The van der Waals surface area contributed by atoms with Crippen LogP contribution in [0.25, 0.3) is 0 Å². The van der Waals surface area contributed by atoms with E-state index in [9.17, 15) is 23.9 Å². The van der Waals surface area contributed by atoms with E-state index < -0.39 is 29.4 Å². The maximum Gasteiger partial charge on any atom is 0.335 e. The third kappa shape index (κ3) is 4.72. The van der Waals surface area contributed by atoms with E-state index in [0.717, 1.165) is 25.0 Å². The highest BCUT2D eigenvalue weighted by molar-refractivity contribution is 6.33. The molecule has 0 fully saturated rings. The minimum atomic E-state index is -1.60. The lowest BCUT2D eigenvalue weighted by atomic mass is 9.96. The highest BCUT2D eigenvalue weighted by Crippen LogP contribution is 2.26. The first-order chi connectivity index (χ1) is 12.3. The second-order valence-electron chi connectivity index (χ2n) is 5.56. The summed E-state index contributed by atoms with van der Waals surface area (Å²) in [6, 6.07) is 0.828. The highest BCUT2D eigenvalue weighted by Gasteiger charge is 2.22. The van der Waals surface area contributed by atoms with E-state index in [1.165, 1.54) is 0 Å². The summed E-state index contributed by atoms with van der Waals surface area (Å²) in [5.41, 5.74) is -0.0467. The predicted octanol–water partition coefficient (Wildman–Crippen LogP) is 2.36. The normalized spacial score (nSPS) is 14.0. The number of carboxylic acids is 1. The van der Waals surface area contributed by atoms with E-state index in [2.05, 4.69) is 10.6 Å². The van der Waals surface area contributed by atoms with E-state index >= 15 is 0 Å². The molecule has 1 aliphatic carbocycles. The van der Waals surface area contributed by atoms with Gasteiger partial charge in [-0.05, 0) is 44.7 Å². The summed E-state index contributed by atoms with van der Waals surface area (Å²) in [5, 5.41) is 15.3. The number of hydrogen-bond acceptors (Lipinski definition) is 5. The Hall–Kier alpha value is -2.61. The predicted molar refractivity (Wildman–Crippen MR) is 90.0 cm³/mol. The number of carbonyl (C=O) groups is 3. The number of esters is 1. The first-order valence-corrected chi connectivity index (χ1v) is 8.38. The average Bonchev–Trinajstić information content (AvgIpc) is 2.57. The fraction of sp³-hybridized carbons (Fsp3) is 0.353. The smallest absolute Gasteiger partial charge is 0.335 e. The molecular weight excluding hydrogens is 367 g/mol. The summed E-state index contributed by atoms with van der Waals surface area (Å²) in [7, 11) is 0. The number of ether oxygens (including phenoxy) is 1. The Morgan fingerprint density at radius 3 is 2.58 bits per heavy atom. The van der Waals surface area contributed by atoms with Crippen LogP contribution in [0.2, 0.25) is 5.02 Å². The Balaban J connectivity index is 2.18. The van der Waals surface area contributed by atoms with Gasteiger partial charge in [-0.2, -0.15) is 0 Å². The molecule has 1 aliphatic rings. The molecule has 0 heterocycles. The zero-order valence-electron chi connectivity index (χ0n) is 14.0. The number of urea groups is 1. The number of nitrogens with one attached hydrogen (secondary N) is 2. The van der Waals surface area contributed by atoms with Crippen LogP contribution in [-0.4, -0.2) is 24.6 Å². The van der Waals surface area contributed by atoms with Gasteiger partial charge in [0.1, 0.15) is 5.82 Å². The van der Waals surface area contributed by atoms with Crippen molar-refractivity contribution in [2.75, 3.05) is 11.9 Å². The second-order valence-corrected chi connectivity index (χ2v) is 5.97. The Morgan fingerprint density at radius 1 is 1.23 bits per heavy atom. The lowest BCUT2D eigenvalue weighted by Gasteiger charge is -2.20. The fourth-order valence-electron chi connectivity index (χ4n) is 2.58. The molecule has 0 aromatic heterocycles. The van der Waals surface area contributed by atoms with Crippen LogP contribution in [0, 0.1) is 5.82 Å². The van der Waals surface area contributed by atoms with E-state index in [-0.39, 0.29) is 17.3 Å². The molecule has 0 radical (unpaired) electrons. The van der Waals surface area contributed by atoms with E-state index in [1.807, 2.05) is 0 Å². The molecule has 0 unspecified atom stereocenters. The Morgan fingerprint density at radius 2 is 1.92 bits per heavy atom. The van der Waals surface area contributed by atoms with Crippen molar-refractivity contribution in [3.8, 4) is 0 Å². The van der Waals surface area contributed by atoms with Gasteiger partial charge < -0.3 is 25.3 Å². The molecule has 0 saturated carbocycles. The number of benzene rings is 1. The van der Waals surface area contributed by atoms with E-state index in [1.54, 1.807) is 6.92 Å². The second kappa shape index (κ2) is 8.66. The summed E-state index contributed by atoms with van der Waals surface area (Å²) < 4.78 is 18.9. The van der Waals surface area contributed by atoms with Crippen molar-refractivity contribution in [1.82, 2.24) is 5.32 Å². The molecule has 140 valence electrons. The van der Waals surface area contributed by atoms with Gasteiger partial charge in [0.05, 0.1) is 28.9 Å². The van der Waals surface area contributed by atoms with Crippen LogP contribution >= 0.6 is 11.6 Å². The quantitative estimate of drug-likeness (QED) is 0.759. The van der Waals surface area contributed by atoms with Crippen LogP contribution in [-0.2, 0) is 9.53 Å². The van der Waals surface area contributed by atoms with Crippen LogP contribution < -0.4 is 15.7 Å². The molecule has 0 aliphatic heterocycles. The maximum atomic E-state index is 13.9. The fourth-order valence-corrected chi connectivity index (χ4v) is 2.81. The molecule has 26 heavy (non-hydrogen) atoms. The number of aromatic carboxylic acids is 1. The van der Waals surface area contributed by atoms with Crippen LogP contribution in [0.4, 0.5) is 14.9 Å². The standard InChI is InChI=1S/C17H18ClFN2O5/c1-2-26-16(24)9-5-3-4-6-13(9)20-17(25)21-14-7-10(15(22)23)11(18)8-12(14)19/h7-8H,2-6H2,1H3,(H,22,23)(H2,20,21,25)/p-1. The van der Waals surface area contributed by atoms with Gasteiger partial charge in [-0.15, -0.1) is 0 Å². The Kier molecular flexibility index (Phi) is 6.57. The molecule has 0 atom stereocenters. The van der Waals surface area contributed by atoms with Crippen molar-refractivity contribution in [1.29, 1.82) is 0 Å². The van der Waals surface area contributed by atoms with Crippen molar-refractivity contribution < 1.29 is 28.6 Å². The van der Waals surface area contributed by atoms with Crippen LogP contribution in [0.15, 0.2) is 23.4 Å². The lowest BCUT2D eigenvalue weighted by Crippen LogP contribution is -2.32. The number of carbonyl (C=O) groups excluding carboxylic acids is 3. The van der Waals surface area contributed by atoms with Gasteiger partial charge in [-0.3, -0.25) is 0 Å². The molecule has 0 spiro atoms. The Bertz CT molecular complexity index is 779. The molecule has 0 saturated heterocycles. The van der Waals surface area contributed by atoms with Gasteiger partial charge in [0.2, 0.25) is 0 Å². The van der Waals surface area contributed by atoms with E-state index in [4.69, 9.17) is 16.3 Å². The summed E-state index contributed by atoms with van der Waals surface area (Å²) in [6.45, 7) is 1.89. The minimum absolute atomic E-state index is 0.212. The molecule has 7 nitrogen and oxygen atoms in total. The first kappa shape index (κ1) is 19.7. The summed E-state index contributed by atoms with van der Waals surface area (Å²) in [5.74, 6) is -3.00. The highest BCUT2D eigenvalue weighted by atomic mass is 35.5. The van der Waals surface area contributed by atoms with Gasteiger partial charge in [-0.1, -0.05) is 11.6 Å². The summed E-state index contributed by atoms with van der Waals surface area (Å²) >= 11 is 5.62. The zero-order chi connectivity index (χ0) is 19.3. The zero-order valence-corrected chi connectivity index (χ0v) is 14.7. The van der Waals surface area contributed by atoms with Gasteiger partial charge in [0, 0.05) is 11.3 Å². The largest absolute Gasteiger partial charge is 0.545 e. The van der Waals surface area contributed by atoms with Gasteiger partial charge in [0.15, 0.2) is 0 Å². The molecule has 2 amide bonds. The van der Waals surface area contributed by atoms with Crippen molar-refractivity contribution in [3.63, 3.8) is 0 Å². The van der Waals surface area contributed by atoms with Crippen molar-refractivity contribution in [3.05, 3.63) is 39.8 Å². The van der Waals surface area contributed by atoms with Crippen molar-refractivity contribution in [2.24, 2.45) is 0 Å². The average molecular weight is 384 g/mol. The SMILES string of the molecule is CCOC(=O)C1=C(NC(=O)Nc2cc(C(=O)[O-])c(Cl)cc2F)CCCC1. The molecule has 2 rings (SSSR count). The van der Waals surface area contributed by atoms with Gasteiger partial charge in [-0.25, -0.2) is 14.0 Å². The number of hydrogen-bond donors (Lipinski definition) is 2. The summed E-state index contributed by atoms with van der Waals surface area (Å²) in [4.78, 5) is 35.1. The molecule has 9 heteroatoms. The number of rotatable bonds is 5. The monoisotopic (exact) mass is 383 g/mol. The van der Waals surface area contributed by atoms with Crippen LogP contribution in [0.3, 0.4) is 0 Å². The van der Waals surface area contributed by atoms with Crippen molar-refractivity contribution >= 4 is 35.3 Å².